The van der Waals surface area contributed by atoms with Crippen molar-refractivity contribution in [3.63, 3.8) is 0 Å². The fraction of sp³-hybridized carbons (Fsp3) is 0.0714. The Morgan fingerprint density at radius 2 is 1.89 bits per heavy atom. The summed E-state index contributed by atoms with van der Waals surface area (Å²) >= 11 is 9.13. The summed E-state index contributed by atoms with van der Waals surface area (Å²) in [6.07, 6.45) is 0. The molecule has 0 bridgehead atoms. The molecule has 1 N–H and O–H groups in total. The first-order valence-corrected chi connectivity index (χ1v) is 6.67. The van der Waals surface area contributed by atoms with E-state index < -0.39 is 0 Å². The van der Waals surface area contributed by atoms with E-state index in [0.29, 0.717) is 22.0 Å². The Hall–Kier alpha value is -1.52. The fourth-order valence-electron chi connectivity index (χ4n) is 1.54. The molecule has 0 aliphatic rings. The lowest BCUT2D eigenvalue weighted by atomic mass is 10.2. The normalized spacial score (nSPS) is 10.1. The molecule has 19 heavy (non-hydrogen) atoms. The van der Waals surface area contributed by atoms with Gasteiger partial charge in [0.15, 0.2) is 0 Å². The third-order valence-corrected chi connectivity index (χ3v) is 3.39. The highest BCUT2D eigenvalue weighted by molar-refractivity contribution is 9.10. The maximum absolute atomic E-state index is 12.0. The van der Waals surface area contributed by atoms with Crippen LogP contribution in [0.2, 0.25) is 5.02 Å². The summed E-state index contributed by atoms with van der Waals surface area (Å²) < 4.78 is 5.85. The summed E-state index contributed by atoms with van der Waals surface area (Å²) in [5, 5.41) is 3.42. The maximum Gasteiger partial charge on any atom is 0.255 e. The number of nitrogens with one attached hydrogen (secondary N) is 1. The molecule has 5 heteroatoms. The number of hydrogen-bond donors (Lipinski definition) is 1. The predicted octanol–water partition coefficient (Wildman–Crippen LogP) is 4.36. The van der Waals surface area contributed by atoms with Crippen molar-refractivity contribution < 1.29 is 9.53 Å². The maximum atomic E-state index is 12.0. The Bertz CT molecular complexity index is 599. The first-order valence-electron chi connectivity index (χ1n) is 5.50. The molecule has 0 aliphatic carbocycles. The number of halogens is 2. The van der Waals surface area contributed by atoms with E-state index in [2.05, 4.69) is 21.2 Å². The van der Waals surface area contributed by atoms with E-state index in [9.17, 15) is 4.79 Å². The van der Waals surface area contributed by atoms with Crippen molar-refractivity contribution in [3.8, 4) is 5.75 Å². The van der Waals surface area contributed by atoms with Crippen LogP contribution in [0.25, 0.3) is 0 Å². The van der Waals surface area contributed by atoms with Crippen LogP contribution in [-0.4, -0.2) is 13.0 Å². The number of benzene rings is 2. The Morgan fingerprint density at radius 3 is 2.47 bits per heavy atom. The van der Waals surface area contributed by atoms with E-state index in [1.54, 1.807) is 49.6 Å². The lowest BCUT2D eigenvalue weighted by Gasteiger charge is -2.07. The summed E-state index contributed by atoms with van der Waals surface area (Å²) in [4.78, 5) is 12.0. The molecule has 2 aromatic rings. The topological polar surface area (TPSA) is 38.3 Å². The molecule has 98 valence electrons. The first kappa shape index (κ1) is 13.9. The number of ether oxygens (including phenoxy) is 1. The molecular formula is C14H11BrClNO2. The van der Waals surface area contributed by atoms with Gasteiger partial charge >= 0.3 is 0 Å². The van der Waals surface area contributed by atoms with Crippen molar-refractivity contribution >= 4 is 39.1 Å². The Morgan fingerprint density at radius 1 is 1.21 bits per heavy atom. The molecule has 0 radical (unpaired) electrons. The van der Waals surface area contributed by atoms with Crippen molar-refractivity contribution in [2.75, 3.05) is 12.4 Å². The molecule has 0 aliphatic heterocycles. The number of carbonyl (C=O) groups is 1. The van der Waals surface area contributed by atoms with Gasteiger partial charge in [0, 0.05) is 16.3 Å². The molecule has 1 amide bonds. The molecule has 0 saturated heterocycles. The average Bonchev–Trinajstić information content (AvgIpc) is 2.41. The van der Waals surface area contributed by atoms with Gasteiger partial charge in [-0.25, -0.2) is 0 Å². The van der Waals surface area contributed by atoms with Crippen LogP contribution in [0, 0.1) is 0 Å². The second-order valence-electron chi connectivity index (χ2n) is 3.81. The van der Waals surface area contributed by atoms with Crippen molar-refractivity contribution in [3.05, 3.63) is 57.5 Å². The minimum Gasteiger partial charge on any atom is -0.496 e. The van der Waals surface area contributed by atoms with E-state index in [4.69, 9.17) is 16.3 Å². The fourth-order valence-corrected chi connectivity index (χ4v) is 2.21. The second kappa shape index (κ2) is 6.08. The molecule has 2 aromatic carbocycles. The van der Waals surface area contributed by atoms with E-state index in [1.807, 2.05) is 0 Å². The van der Waals surface area contributed by atoms with Crippen LogP contribution in [0.1, 0.15) is 10.4 Å². The average molecular weight is 341 g/mol. The van der Waals surface area contributed by atoms with Gasteiger partial charge in [0.1, 0.15) is 5.75 Å². The molecule has 0 atom stereocenters. The highest BCUT2D eigenvalue weighted by atomic mass is 79.9. The molecule has 0 fully saturated rings. The largest absolute Gasteiger partial charge is 0.496 e. The van der Waals surface area contributed by atoms with Gasteiger partial charge < -0.3 is 10.1 Å². The van der Waals surface area contributed by atoms with Crippen molar-refractivity contribution in [1.29, 1.82) is 0 Å². The van der Waals surface area contributed by atoms with Crippen molar-refractivity contribution in [2.24, 2.45) is 0 Å². The second-order valence-corrected chi connectivity index (χ2v) is 5.10. The van der Waals surface area contributed by atoms with E-state index in [1.165, 1.54) is 0 Å². The van der Waals surface area contributed by atoms with Gasteiger partial charge in [-0.05, 0) is 58.4 Å². The molecule has 0 saturated carbocycles. The number of methoxy groups -OCH3 is 1. The van der Waals surface area contributed by atoms with Crippen molar-refractivity contribution in [1.82, 2.24) is 0 Å². The molecule has 2 rings (SSSR count). The van der Waals surface area contributed by atoms with Crippen LogP contribution in [0.3, 0.4) is 0 Å². The van der Waals surface area contributed by atoms with Crippen LogP contribution in [0.4, 0.5) is 5.69 Å². The zero-order valence-corrected chi connectivity index (χ0v) is 12.5. The van der Waals surface area contributed by atoms with Crippen LogP contribution < -0.4 is 10.1 Å². The molecule has 0 unspecified atom stereocenters. The number of hydrogen-bond acceptors (Lipinski definition) is 2. The highest BCUT2D eigenvalue weighted by Crippen LogP contribution is 2.26. The summed E-state index contributed by atoms with van der Waals surface area (Å²) in [7, 11) is 1.58. The minimum absolute atomic E-state index is 0.189. The monoisotopic (exact) mass is 339 g/mol. The van der Waals surface area contributed by atoms with Gasteiger partial charge in [-0.3, -0.25) is 4.79 Å². The van der Waals surface area contributed by atoms with Gasteiger partial charge in [0.05, 0.1) is 11.6 Å². The summed E-state index contributed by atoms with van der Waals surface area (Å²) in [5.41, 5.74) is 1.24. The predicted molar refractivity (Wildman–Crippen MR) is 80.1 cm³/mol. The van der Waals surface area contributed by atoms with Gasteiger partial charge in [-0.2, -0.15) is 0 Å². The van der Waals surface area contributed by atoms with E-state index in [-0.39, 0.29) is 5.91 Å². The lowest BCUT2D eigenvalue weighted by molar-refractivity contribution is 0.102. The molecule has 3 nitrogen and oxygen atoms in total. The standard InChI is InChI=1S/C14H11BrClNO2/c1-19-13-7-2-9(8-12(13)15)14(18)17-11-5-3-10(16)4-6-11/h2-8H,1H3,(H,17,18). The quantitative estimate of drug-likeness (QED) is 0.901. The minimum atomic E-state index is -0.189. The Balaban J connectivity index is 2.16. The third-order valence-electron chi connectivity index (χ3n) is 2.52. The van der Waals surface area contributed by atoms with Crippen LogP contribution >= 0.6 is 27.5 Å². The number of anilines is 1. The van der Waals surface area contributed by atoms with Gasteiger partial charge in [0.25, 0.3) is 5.91 Å². The highest BCUT2D eigenvalue weighted by Gasteiger charge is 2.09. The molecule has 0 spiro atoms. The van der Waals surface area contributed by atoms with Crippen LogP contribution in [0.15, 0.2) is 46.9 Å². The van der Waals surface area contributed by atoms with E-state index in [0.717, 1.165) is 4.47 Å². The Labute approximate surface area is 124 Å². The number of carbonyl (C=O) groups excluding carboxylic acids is 1. The Kier molecular flexibility index (Phi) is 4.45. The lowest BCUT2D eigenvalue weighted by Crippen LogP contribution is -2.11. The molecule has 0 heterocycles. The molecule has 0 aromatic heterocycles. The van der Waals surface area contributed by atoms with E-state index >= 15 is 0 Å². The zero-order chi connectivity index (χ0) is 13.8. The van der Waals surface area contributed by atoms with Crippen LogP contribution in [0.5, 0.6) is 5.75 Å². The smallest absolute Gasteiger partial charge is 0.255 e. The number of rotatable bonds is 3. The SMILES string of the molecule is COc1ccc(C(=O)Nc2ccc(Cl)cc2)cc1Br. The summed E-state index contributed by atoms with van der Waals surface area (Å²) in [6, 6.07) is 12.1. The first-order chi connectivity index (χ1) is 9.10. The van der Waals surface area contributed by atoms with Gasteiger partial charge in [-0.1, -0.05) is 11.6 Å². The van der Waals surface area contributed by atoms with Crippen molar-refractivity contribution in [2.45, 2.75) is 0 Å². The van der Waals surface area contributed by atoms with Crippen LogP contribution in [-0.2, 0) is 0 Å². The number of amides is 1. The summed E-state index contributed by atoms with van der Waals surface area (Å²) in [5.74, 6) is 0.494. The van der Waals surface area contributed by atoms with Gasteiger partial charge in [-0.15, -0.1) is 0 Å². The third kappa shape index (κ3) is 3.49. The molecular weight excluding hydrogens is 330 g/mol. The van der Waals surface area contributed by atoms with Gasteiger partial charge in [0.2, 0.25) is 0 Å². The summed E-state index contributed by atoms with van der Waals surface area (Å²) in [6.45, 7) is 0. The zero-order valence-electron chi connectivity index (χ0n) is 10.1.